The van der Waals surface area contributed by atoms with Gasteiger partial charge in [-0.2, -0.15) is 0 Å². The molecule has 4 nitrogen and oxygen atoms in total. The van der Waals surface area contributed by atoms with Gasteiger partial charge < -0.3 is 4.74 Å². The van der Waals surface area contributed by atoms with Crippen LogP contribution in [0.5, 0.6) is 0 Å². The van der Waals surface area contributed by atoms with Crippen molar-refractivity contribution in [3.63, 3.8) is 0 Å². The summed E-state index contributed by atoms with van der Waals surface area (Å²) in [6, 6.07) is 9.29. The first-order valence-electron chi connectivity index (χ1n) is 6.67. The van der Waals surface area contributed by atoms with Crippen LogP contribution in [-0.2, 0) is 29.6 Å². The van der Waals surface area contributed by atoms with Crippen molar-refractivity contribution in [3.8, 4) is 0 Å². The minimum absolute atomic E-state index is 0.116. The summed E-state index contributed by atoms with van der Waals surface area (Å²) in [7, 11) is -2.66. The predicted molar refractivity (Wildman–Crippen MR) is 79.0 cm³/mol. The van der Waals surface area contributed by atoms with Crippen molar-refractivity contribution in [2.45, 2.75) is 25.5 Å². The molecular weight excluding hydrogens is 276 g/mol. The van der Waals surface area contributed by atoms with Crippen molar-refractivity contribution in [2.24, 2.45) is 0 Å². The molecule has 1 aliphatic heterocycles. The average Bonchev–Trinajstić information content (AvgIpc) is 2.39. The molecule has 1 aromatic rings. The zero-order valence-electron chi connectivity index (χ0n) is 11.5. The van der Waals surface area contributed by atoms with Gasteiger partial charge in [0, 0.05) is 17.9 Å². The molecule has 0 saturated heterocycles. The zero-order chi connectivity index (χ0) is 14.6. The molecule has 1 aliphatic rings. The van der Waals surface area contributed by atoms with Gasteiger partial charge >= 0.3 is 5.97 Å². The third-order valence-electron chi connectivity index (χ3n) is 3.21. The second kappa shape index (κ2) is 6.22. The van der Waals surface area contributed by atoms with Crippen molar-refractivity contribution in [1.29, 1.82) is 0 Å². The van der Waals surface area contributed by atoms with Gasteiger partial charge in [-0.25, -0.2) is 4.79 Å². The highest BCUT2D eigenvalue weighted by Crippen LogP contribution is 2.17. The van der Waals surface area contributed by atoms with Crippen LogP contribution in [0.25, 0.3) is 0 Å². The number of esters is 1. The lowest BCUT2D eigenvalue weighted by molar-refractivity contribution is -0.135. The first-order valence-corrected chi connectivity index (χ1v) is 8.57. The number of ether oxygens (including phenoxy) is 1. The van der Waals surface area contributed by atoms with E-state index in [1.54, 1.807) is 6.92 Å². The molecule has 0 aliphatic carbocycles. The van der Waals surface area contributed by atoms with Crippen LogP contribution in [0.4, 0.5) is 0 Å². The Morgan fingerprint density at radius 1 is 1.30 bits per heavy atom. The van der Waals surface area contributed by atoms with Crippen LogP contribution in [0.15, 0.2) is 30.3 Å². The Balaban J connectivity index is 2.46. The molecule has 5 heteroatoms. The molecule has 108 valence electrons. The highest BCUT2D eigenvalue weighted by atomic mass is 32.2. The van der Waals surface area contributed by atoms with Gasteiger partial charge in [0.15, 0.2) is 10.6 Å². The Morgan fingerprint density at radius 3 is 2.65 bits per heavy atom. The fraction of sp³-hybridized carbons (Fsp3) is 0.400. The Kier molecular flexibility index (Phi) is 4.60. The number of carbonyl (C=O) groups excluding carboxylic acids is 2. The van der Waals surface area contributed by atoms with E-state index in [9.17, 15) is 13.8 Å². The third-order valence-corrected chi connectivity index (χ3v) is 6.09. The fourth-order valence-corrected chi connectivity index (χ4v) is 5.05. The average molecular weight is 294 g/mol. The summed E-state index contributed by atoms with van der Waals surface area (Å²) in [5, 5.41) is 0. The van der Waals surface area contributed by atoms with E-state index in [0.717, 1.165) is 5.56 Å². The molecule has 1 heterocycles. The van der Waals surface area contributed by atoms with Crippen molar-refractivity contribution < 1.29 is 18.5 Å². The van der Waals surface area contributed by atoms with E-state index >= 15 is 0 Å². The Hall–Kier alpha value is -1.62. The highest BCUT2D eigenvalue weighted by molar-refractivity contribution is 8.04. The summed E-state index contributed by atoms with van der Waals surface area (Å²) >= 11 is 0. The summed E-state index contributed by atoms with van der Waals surface area (Å²) in [4.78, 5) is 23.8. The van der Waals surface area contributed by atoms with Gasteiger partial charge in [0.25, 0.3) is 0 Å². The molecule has 20 heavy (non-hydrogen) atoms. The SMILES string of the molecule is CCOC(=O)C1=S(=O)(Cc2ccccc2)CCCC1=O. The van der Waals surface area contributed by atoms with Gasteiger partial charge in [0.2, 0.25) is 0 Å². The smallest absolute Gasteiger partial charge is 0.349 e. The van der Waals surface area contributed by atoms with E-state index in [2.05, 4.69) is 0 Å². The second-order valence-corrected chi connectivity index (χ2v) is 7.45. The van der Waals surface area contributed by atoms with Crippen LogP contribution in [0.3, 0.4) is 0 Å². The molecule has 0 radical (unpaired) electrons. The van der Waals surface area contributed by atoms with Gasteiger partial charge in [0.1, 0.15) is 0 Å². The van der Waals surface area contributed by atoms with Crippen LogP contribution >= 0.6 is 0 Å². The number of benzene rings is 1. The number of hydrogen-bond acceptors (Lipinski definition) is 4. The first kappa shape index (κ1) is 14.8. The quantitative estimate of drug-likeness (QED) is 0.625. The van der Waals surface area contributed by atoms with E-state index in [4.69, 9.17) is 4.74 Å². The summed E-state index contributed by atoms with van der Waals surface area (Å²) in [6.45, 7) is 1.85. The van der Waals surface area contributed by atoms with Gasteiger partial charge in [0.05, 0.1) is 6.61 Å². The summed E-state index contributed by atoms with van der Waals surface area (Å²) < 4.78 is 18.0. The molecule has 0 spiro atoms. The van der Waals surface area contributed by atoms with E-state index in [0.29, 0.717) is 12.2 Å². The van der Waals surface area contributed by atoms with Gasteiger partial charge in [-0.3, -0.25) is 9.00 Å². The molecule has 2 rings (SSSR count). The number of ketones is 1. The lowest BCUT2D eigenvalue weighted by Gasteiger charge is -2.20. The molecule has 0 aromatic heterocycles. The maximum atomic E-state index is 13.1. The highest BCUT2D eigenvalue weighted by Gasteiger charge is 2.32. The Labute approximate surface area is 119 Å². The number of Topliss-reactive ketones (excluding diaryl/α,β-unsaturated/α-hetero) is 1. The Bertz CT molecular complexity index is 625. The second-order valence-electron chi connectivity index (χ2n) is 4.72. The van der Waals surface area contributed by atoms with E-state index in [1.807, 2.05) is 30.3 Å². The molecule has 0 fully saturated rings. The zero-order valence-corrected chi connectivity index (χ0v) is 12.3. The molecule has 1 unspecified atom stereocenters. The maximum Gasteiger partial charge on any atom is 0.349 e. The lowest BCUT2D eigenvalue weighted by atomic mass is 10.2. The predicted octanol–water partition coefficient (Wildman–Crippen LogP) is 1.57. The van der Waals surface area contributed by atoms with Gasteiger partial charge in [-0.15, -0.1) is 0 Å². The molecule has 1 aromatic carbocycles. The van der Waals surface area contributed by atoms with Gasteiger partial charge in [-0.1, -0.05) is 30.3 Å². The monoisotopic (exact) mass is 294 g/mol. The topological polar surface area (TPSA) is 60.4 Å². The normalized spacial score (nSPS) is 22.6. The molecule has 0 amide bonds. The van der Waals surface area contributed by atoms with E-state index in [1.165, 1.54) is 0 Å². The standard InChI is InChI=1S/C15H18O4S/c1-2-19-15(17)14-13(16)9-6-10-20(14,18)11-12-7-4-3-5-8-12/h3-5,7-8H,2,6,9-11H2,1H3. The van der Waals surface area contributed by atoms with Crippen molar-refractivity contribution in [1.82, 2.24) is 0 Å². The third kappa shape index (κ3) is 3.10. The molecule has 0 bridgehead atoms. The lowest BCUT2D eigenvalue weighted by Crippen LogP contribution is -2.38. The largest absolute Gasteiger partial charge is 0.462 e. The fourth-order valence-electron chi connectivity index (χ4n) is 2.34. The van der Waals surface area contributed by atoms with Crippen molar-refractivity contribution in [2.75, 3.05) is 12.4 Å². The van der Waals surface area contributed by atoms with E-state index in [-0.39, 0.29) is 29.4 Å². The van der Waals surface area contributed by atoms with Crippen molar-refractivity contribution in [3.05, 3.63) is 35.9 Å². The van der Waals surface area contributed by atoms with Crippen molar-refractivity contribution >= 4 is 26.1 Å². The van der Waals surface area contributed by atoms with Crippen LogP contribution in [-0.4, -0.2) is 33.2 Å². The van der Waals surface area contributed by atoms with Crippen LogP contribution in [0.1, 0.15) is 25.3 Å². The number of rotatable bonds is 4. The van der Waals surface area contributed by atoms with E-state index < -0.39 is 15.5 Å². The minimum atomic E-state index is -2.66. The number of carbonyl (C=O) groups is 2. The Morgan fingerprint density at radius 2 is 2.00 bits per heavy atom. The van der Waals surface area contributed by atoms with Crippen LogP contribution in [0.2, 0.25) is 0 Å². The molecular formula is C15H18O4S. The minimum Gasteiger partial charge on any atom is -0.462 e. The summed E-state index contributed by atoms with van der Waals surface area (Å²) in [5.74, 6) is -0.427. The molecule has 0 N–H and O–H groups in total. The summed E-state index contributed by atoms with van der Waals surface area (Å²) in [6.07, 6.45) is 0.841. The number of hydrogen-bond donors (Lipinski definition) is 0. The summed E-state index contributed by atoms with van der Waals surface area (Å²) in [5.41, 5.74) is 0.869. The molecule has 0 saturated carbocycles. The first-order chi connectivity index (χ1) is 9.57. The molecule has 1 atom stereocenters. The van der Waals surface area contributed by atoms with Crippen LogP contribution < -0.4 is 0 Å². The maximum absolute atomic E-state index is 13.1. The van der Waals surface area contributed by atoms with Crippen LogP contribution in [0, 0.1) is 0 Å². The van der Waals surface area contributed by atoms with Gasteiger partial charge in [-0.05, 0) is 28.4 Å².